The molecular weight excluding hydrogens is 256 g/mol. The van der Waals surface area contributed by atoms with Gasteiger partial charge in [0.25, 0.3) is 0 Å². The van der Waals surface area contributed by atoms with Crippen molar-refractivity contribution in [2.24, 2.45) is 0 Å². The third kappa shape index (κ3) is 2.02. The van der Waals surface area contributed by atoms with E-state index in [0.29, 0.717) is 4.77 Å². The summed E-state index contributed by atoms with van der Waals surface area (Å²) in [5, 5.41) is 0. The van der Waals surface area contributed by atoms with E-state index in [1.807, 2.05) is 24.7 Å². The molecule has 0 bridgehead atoms. The zero-order chi connectivity index (χ0) is 13.4. The molecular formula is C14H14N4S. The number of pyridine rings is 1. The number of rotatable bonds is 2. The molecule has 0 aliphatic rings. The molecule has 2 heterocycles. The van der Waals surface area contributed by atoms with Crippen molar-refractivity contribution in [2.45, 2.75) is 0 Å². The Balaban J connectivity index is 2.19. The second kappa shape index (κ2) is 4.51. The van der Waals surface area contributed by atoms with Gasteiger partial charge in [0, 0.05) is 31.7 Å². The van der Waals surface area contributed by atoms with Crippen LogP contribution in [-0.4, -0.2) is 28.6 Å². The maximum atomic E-state index is 5.39. The molecule has 2 aromatic heterocycles. The van der Waals surface area contributed by atoms with Gasteiger partial charge in [-0.25, -0.2) is 0 Å². The highest BCUT2D eigenvalue weighted by Gasteiger charge is 2.06. The first-order valence-electron chi connectivity index (χ1n) is 5.99. The van der Waals surface area contributed by atoms with Gasteiger partial charge in [-0.15, -0.1) is 0 Å². The second-order valence-electron chi connectivity index (χ2n) is 4.57. The minimum Gasteiger partial charge on any atom is -0.378 e. The van der Waals surface area contributed by atoms with E-state index in [1.54, 1.807) is 12.4 Å². The van der Waals surface area contributed by atoms with Gasteiger partial charge in [-0.1, -0.05) is 0 Å². The lowest BCUT2D eigenvalue weighted by atomic mass is 10.2. The summed E-state index contributed by atoms with van der Waals surface area (Å²) in [6.07, 6.45) is 3.56. The average Bonchev–Trinajstić information content (AvgIpc) is 2.74. The monoisotopic (exact) mass is 270 g/mol. The second-order valence-corrected chi connectivity index (χ2v) is 4.96. The van der Waals surface area contributed by atoms with Crippen LogP contribution in [-0.2, 0) is 0 Å². The number of hydrogen-bond donors (Lipinski definition) is 1. The van der Waals surface area contributed by atoms with Gasteiger partial charge in [-0.2, -0.15) is 0 Å². The van der Waals surface area contributed by atoms with Gasteiger partial charge < -0.3 is 9.88 Å². The fraction of sp³-hybridized carbons (Fsp3) is 0.143. The summed E-state index contributed by atoms with van der Waals surface area (Å²) in [4.78, 5) is 9.34. The van der Waals surface area contributed by atoms with E-state index in [0.717, 1.165) is 22.4 Å². The number of aromatic amines is 1. The molecule has 1 aromatic carbocycles. The SMILES string of the molecule is CN(C)c1ccc(-n2c(=S)[nH]c3cnccc32)cc1. The first-order valence-corrected chi connectivity index (χ1v) is 6.40. The first kappa shape index (κ1) is 11.9. The lowest BCUT2D eigenvalue weighted by molar-refractivity contribution is 1.06. The molecule has 0 unspecified atom stereocenters. The number of anilines is 1. The van der Waals surface area contributed by atoms with Crippen molar-refractivity contribution in [3.8, 4) is 5.69 Å². The Morgan fingerprint density at radius 2 is 1.89 bits per heavy atom. The Hall–Kier alpha value is -2.14. The van der Waals surface area contributed by atoms with Gasteiger partial charge in [0.2, 0.25) is 0 Å². The number of nitrogens with one attached hydrogen (secondary N) is 1. The molecule has 0 radical (unpaired) electrons. The summed E-state index contributed by atoms with van der Waals surface area (Å²) in [6.45, 7) is 0. The Morgan fingerprint density at radius 1 is 1.16 bits per heavy atom. The summed E-state index contributed by atoms with van der Waals surface area (Å²) in [7, 11) is 4.05. The molecule has 0 amide bonds. The lowest BCUT2D eigenvalue weighted by Gasteiger charge is -2.13. The highest BCUT2D eigenvalue weighted by Crippen LogP contribution is 2.20. The van der Waals surface area contributed by atoms with Crippen LogP contribution in [0, 0.1) is 4.77 Å². The molecule has 0 saturated heterocycles. The fourth-order valence-corrected chi connectivity index (χ4v) is 2.43. The van der Waals surface area contributed by atoms with Gasteiger partial charge in [-0.3, -0.25) is 9.55 Å². The van der Waals surface area contributed by atoms with Crippen molar-refractivity contribution in [1.82, 2.24) is 14.5 Å². The van der Waals surface area contributed by atoms with Crippen LogP contribution in [0.25, 0.3) is 16.7 Å². The van der Waals surface area contributed by atoms with Crippen molar-refractivity contribution >= 4 is 28.9 Å². The van der Waals surface area contributed by atoms with E-state index in [9.17, 15) is 0 Å². The van der Waals surface area contributed by atoms with E-state index in [2.05, 4.69) is 39.1 Å². The number of H-pyrrole nitrogens is 1. The third-order valence-electron chi connectivity index (χ3n) is 3.11. The van der Waals surface area contributed by atoms with E-state index in [-0.39, 0.29) is 0 Å². The largest absolute Gasteiger partial charge is 0.378 e. The van der Waals surface area contributed by atoms with Crippen molar-refractivity contribution in [2.75, 3.05) is 19.0 Å². The van der Waals surface area contributed by atoms with Gasteiger partial charge in [0.1, 0.15) is 0 Å². The van der Waals surface area contributed by atoms with Crippen molar-refractivity contribution < 1.29 is 0 Å². The summed E-state index contributed by atoms with van der Waals surface area (Å²) in [6, 6.07) is 10.3. The van der Waals surface area contributed by atoms with Gasteiger partial charge in [-0.05, 0) is 42.5 Å². The third-order valence-corrected chi connectivity index (χ3v) is 3.39. The number of nitrogens with zero attached hydrogens (tertiary/aromatic N) is 3. The maximum absolute atomic E-state index is 5.39. The standard InChI is InChI=1S/C14H14N4S/c1-17(2)10-3-5-11(6-4-10)18-13-7-8-15-9-12(13)16-14(18)19/h3-9H,1-2H3,(H,16,19). The van der Waals surface area contributed by atoms with Crippen molar-refractivity contribution in [3.63, 3.8) is 0 Å². The molecule has 0 aliphatic heterocycles. The Morgan fingerprint density at radius 3 is 2.58 bits per heavy atom. The summed E-state index contributed by atoms with van der Waals surface area (Å²) >= 11 is 5.39. The quantitative estimate of drug-likeness (QED) is 0.727. The topological polar surface area (TPSA) is 36.9 Å². The lowest BCUT2D eigenvalue weighted by Crippen LogP contribution is -2.08. The van der Waals surface area contributed by atoms with E-state index >= 15 is 0 Å². The van der Waals surface area contributed by atoms with E-state index < -0.39 is 0 Å². The van der Waals surface area contributed by atoms with Crippen molar-refractivity contribution in [1.29, 1.82) is 0 Å². The van der Waals surface area contributed by atoms with Crippen LogP contribution in [0.4, 0.5) is 5.69 Å². The zero-order valence-electron chi connectivity index (χ0n) is 10.8. The van der Waals surface area contributed by atoms with Crippen LogP contribution < -0.4 is 4.90 Å². The summed E-state index contributed by atoms with van der Waals surface area (Å²) in [5.74, 6) is 0. The number of imidazole rings is 1. The molecule has 4 nitrogen and oxygen atoms in total. The molecule has 0 fully saturated rings. The van der Waals surface area contributed by atoms with E-state index in [4.69, 9.17) is 12.2 Å². The van der Waals surface area contributed by atoms with Crippen LogP contribution in [0.3, 0.4) is 0 Å². The molecule has 3 rings (SSSR count). The molecule has 19 heavy (non-hydrogen) atoms. The highest BCUT2D eigenvalue weighted by atomic mass is 32.1. The predicted molar refractivity (Wildman–Crippen MR) is 80.6 cm³/mol. The van der Waals surface area contributed by atoms with Crippen LogP contribution >= 0.6 is 12.2 Å². The summed E-state index contributed by atoms with van der Waals surface area (Å²) in [5.41, 5.74) is 4.20. The Kier molecular flexibility index (Phi) is 2.83. The molecule has 5 heteroatoms. The maximum Gasteiger partial charge on any atom is 0.182 e. The van der Waals surface area contributed by atoms with Crippen LogP contribution in [0.2, 0.25) is 0 Å². The molecule has 0 atom stereocenters. The number of hydrogen-bond acceptors (Lipinski definition) is 3. The first-order chi connectivity index (χ1) is 9.16. The Labute approximate surface area is 116 Å². The smallest absolute Gasteiger partial charge is 0.182 e. The highest BCUT2D eigenvalue weighted by molar-refractivity contribution is 7.71. The number of fused-ring (bicyclic) bond motifs is 1. The summed E-state index contributed by atoms with van der Waals surface area (Å²) < 4.78 is 2.70. The van der Waals surface area contributed by atoms with Gasteiger partial charge in [0.15, 0.2) is 4.77 Å². The number of aromatic nitrogens is 3. The normalized spacial score (nSPS) is 10.8. The van der Waals surface area contributed by atoms with Gasteiger partial charge in [0.05, 0.1) is 17.2 Å². The van der Waals surface area contributed by atoms with Crippen molar-refractivity contribution in [3.05, 3.63) is 47.5 Å². The minimum absolute atomic E-state index is 0.681. The van der Waals surface area contributed by atoms with Crippen LogP contribution in [0.5, 0.6) is 0 Å². The molecule has 96 valence electrons. The fourth-order valence-electron chi connectivity index (χ4n) is 2.12. The molecule has 0 spiro atoms. The van der Waals surface area contributed by atoms with Gasteiger partial charge >= 0.3 is 0 Å². The number of benzene rings is 1. The van der Waals surface area contributed by atoms with E-state index in [1.165, 1.54) is 0 Å². The Bertz CT molecular complexity index is 768. The molecule has 0 saturated carbocycles. The predicted octanol–water partition coefficient (Wildman–Crippen LogP) is 3.15. The molecule has 0 aliphatic carbocycles. The molecule has 1 N–H and O–H groups in total. The molecule has 3 aromatic rings. The van der Waals surface area contributed by atoms with Crippen LogP contribution in [0.1, 0.15) is 0 Å². The van der Waals surface area contributed by atoms with Crippen LogP contribution in [0.15, 0.2) is 42.7 Å². The average molecular weight is 270 g/mol. The minimum atomic E-state index is 0.681. The zero-order valence-corrected chi connectivity index (χ0v) is 11.6.